The van der Waals surface area contributed by atoms with Crippen LogP contribution in [0, 0.1) is 0 Å². The molecular weight excluding hydrogens is 182 g/mol. The van der Waals surface area contributed by atoms with Gasteiger partial charge in [0.2, 0.25) is 6.29 Å². The first-order chi connectivity index (χ1) is 6.61. The first-order valence-corrected chi connectivity index (χ1v) is 4.30. The molecule has 4 nitrogen and oxygen atoms in total. The third-order valence-electron chi connectivity index (χ3n) is 2.25. The van der Waals surface area contributed by atoms with Gasteiger partial charge in [-0.3, -0.25) is 0 Å². The van der Waals surface area contributed by atoms with E-state index in [1.54, 1.807) is 12.1 Å². The van der Waals surface area contributed by atoms with Crippen LogP contribution >= 0.6 is 0 Å². The molecule has 1 aliphatic rings. The number of anilines is 1. The zero-order valence-electron chi connectivity index (χ0n) is 8.02. The summed E-state index contributed by atoms with van der Waals surface area (Å²) in [5.74, 6) is -0.461. The van der Waals surface area contributed by atoms with Gasteiger partial charge < -0.3 is 14.7 Å². The number of hydrogen-bond donors (Lipinski definition) is 1. The fourth-order valence-corrected chi connectivity index (χ4v) is 1.58. The van der Waals surface area contributed by atoms with Crippen LogP contribution in [0.4, 0.5) is 5.69 Å². The molecule has 1 aromatic carbocycles. The zero-order chi connectivity index (χ0) is 10.3. The maximum atomic E-state index is 11.4. The molecule has 0 aromatic heterocycles. The van der Waals surface area contributed by atoms with Gasteiger partial charge in [0.05, 0.1) is 11.3 Å². The minimum Gasteiger partial charge on any atom is -0.428 e. The highest BCUT2D eigenvalue weighted by molar-refractivity contribution is 5.99. The van der Waals surface area contributed by atoms with E-state index in [0.29, 0.717) is 11.1 Å². The molecule has 1 heterocycles. The van der Waals surface area contributed by atoms with Crippen LogP contribution in [0.15, 0.2) is 18.2 Å². The first-order valence-electron chi connectivity index (χ1n) is 4.30. The fraction of sp³-hybridized carbons (Fsp3) is 0.300. The van der Waals surface area contributed by atoms with Crippen molar-refractivity contribution in [3.05, 3.63) is 29.3 Å². The lowest BCUT2D eigenvalue weighted by Gasteiger charge is -2.14. The molecule has 0 aliphatic carbocycles. The van der Waals surface area contributed by atoms with Crippen molar-refractivity contribution >= 4 is 11.7 Å². The van der Waals surface area contributed by atoms with Crippen molar-refractivity contribution < 1.29 is 14.6 Å². The molecule has 0 saturated heterocycles. The Bertz CT molecular complexity index is 387. The number of carbonyl (C=O) groups excluding carboxylic acids is 1. The molecule has 1 atom stereocenters. The van der Waals surface area contributed by atoms with Gasteiger partial charge in [0.25, 0.3) is 0 Å². The van der Waals surface area contributed by atoms with Gasteiger partial charge in [0.1, 0.15) is 0 Å². The highest BCUT2D eigenvalue weighted by atomic mass is 16.6. The second-order valence-corrected chi connectivity index (χ2v) is 3.39. The number of hydrogen-bond acceptors (Lipinski definition) is 4. The lowest BCUT2D eigenvalue weighted by atomic mass is 10.1. The molecule has 0 saturated carbocycles. The molecule has 0 radical (unpaired) electrons. The Hall–Kier alpha value is -1.55. The van der Waals surface area contributed by atoms with E-state index in [1.165, 1.54) is 0 Å². The van der Waals surface area contributed by atoms with E-state index in [-0.39, 0.29) is 0 Å². The van der Waals surface area contributed by atoms with E-state index in [4.69, 9.17) is 4.74 Å². The number of rotatable bonds is 1. The Kier molecular flexibility index (Phi) is 1.93. The van der Waals surface area contributed by atoms with Crippen molar-refractivity contribution in [2.45, 2.75) is 6.29 Å². The SMILES string of the molecule is CN(C)c1cccc2c1C(=O)OC2O. The summed E-state index contributed by atoms with van der Waals surface area (Å²) in [6.07, 6.45) is -1.11. The summed E-state index contributed by atoms with van der Waals surface area (Å²) in [5.41, 5.74) is 1.77. The fourth-order valence-electron chi connectivity index (χ4n) is 1.58. The van der Waals surface area contributed by atoms with Crippen molar-refractivity contribution in [1.82, 2.24) is 0 Å². The topological polar surface area (TPSA) is 49.8 Å². The van der Waals surface area contributed by atoms with Crippen LogP contribution in [0.3, 0.4) is 0 Å². The average molecular weight is 193 g/mol. The van der Waals surface area contributed by atoms with E-state index in [9.17, 15) is 9.90 Å². The normalized spacial score (nSPS) is 19.1. The number of esters is 1. The molecule has 14 heavy (non-hydrogen) atoms. The second kappa shape index (κ2) is 2.99. The summed E-state index contributed by atoms with van der Waals surface area (Å²) in [7, 11) is 3.68. The largest absolute Gasteiger partial charge is 0.428 e. The summed E-state index contributed by atoms with van der Waals surface area (Å²) in [4.78, 5) is 13.2. The highest BCUT2D eigenvalue weighted by Crippen LogP contribution is 2.34. The smallest absolute Gasteiger partial charge is 0.343 e. The zero-order valence-corrected chi connectivity index (χ0v) is 8.02. The summed E-state index contributed by atoms with van der Waals surface area (Å²) >= 11 is 0. The van der Waals surface area contributed by atoms with E-state index >= 15 is 0 Å². The second-order valence-electron chi connectivity index (χ2n) is 3.39. The molecule has 0 fully saturated rings. The minimum absolute atomic E-state index is 0.461. The number of aliphatic hydroxyl groups is 1. The van der Waals surface area contributed by atoms with Gasteiger partial charge in [0, 0.05) is 19.7 Å². The molecule has 1 aliphatic heterocycles. The van der Waals surface area contributed by atoms with Crippen LogP contribution in [0.5, 0.6) is 0 Å². The van der Waals surface area contributed by atoms with Crippen molar-refractivity contribution in [1.29, 1.82) is 0 Å². The maximum Gasteiger partial charge on any atom is 0.343 e. The van der Waals surface area contributed by atoms with Crippen molar-refractivity contribution in [2.24, 2.45) is 0 Å². The van der Waals surface area contributed by atoms with Crippen LogP contribution in [0.2, 0.25) is 0 Å². The third-order valence-corrected chi connectivity index (χ3v) is 2.25. The molecule has 2 rings (SSSR count). The Balaban J connectivity index is 2.62. The van der Waals surface area contributed by atoms with E-state index in [2.05, 4.69) is 0 Å². The predicted molar refractivity (Wildman–Crippen MR) is 51.1 cm³/mol. The summed E-state index contributed by atoms with van der Waals surface area (Å²) in [6.45, 7) is 0. The van der Waals surface area contributed by atoms with E-state index < -0.39 is 12.3 Å². The van der Waals surface area contributed by atoms with Crippen LogP contribution < -0.4 is 4.90 Å². The molecule has 4 heteroatoms. The minimum atomic E-state index is -1.11. The average Bonchev–Trinajstić information content (AvgIpc) is 2.43. The summed E-state index contributed by atoms with van der Waals surface area (Å²) in [5, 5.41) is 9.40. The van der Waals surface area contributed by atoms with Crippen molar-refractivity contribution in [3.8, 4) is 0 Å². The summed E-state index contributed by atoms with van der Waals surface area (Å²) < 4.78 is 4.71. The number of aliphatic hydroxyl groups excluding tert-OH is 1. The monoisotopic (exact) mass is 193 g/mol. The van der Waals surface area contributed by atoms with Gasteiger partial charge in [0.15, 0.2) is 0 Å². The van der Waals surface area contributed by atoms with Crippen molar-refractivity contribution in [2.75, 3.05) is 19.0 Å². The van der Waals surface area contributed by atoms with Crippen molar-refractivity contribution in [3.63, 3.8) is 0 Å². The molecule has 74 valence electrons. The number of carbonyl (C=O) groups is 1. The van der Waals surface area contributed by atoms with E-state index in [0.717, 1.165) is 5.69 Å². The number of benzene rings is 1. The van der Waals surface area contributed by atoms with Gasteiger partial charge in [-0.25, -0.2) is 4.79 Å². The van der Waals surface area contributed by atoms with Gasteiger partial charge in [-0.05, 0) is 6.07 Å². The molecule has 0 amide bonds. The standard InChI is InChI=1S/C10H11NO3/c1-11(2)7-5-3-4-6-8(7)10(13)14-9(6)12/h3-5,9,12H,1-2H3. The Morgan fingerprint density at radius 2 is 2.14 bits per heavy atom. The summed E-state index contributed by atoms with van der Waals surface area (Å²) in [6, 6.07) is 5.30. The molecule has 1 aromatic rings. The lowest BCUT2D eigenvalue weighted by Crippen LogP contribution is -2.12. The van der Waals surface area contributed by atoms with Gasteiger partial charge in [-0.2, -0.15) is 0 Å². The maximum absolute atomic E-state index is 11.4. The number of fused-ring (bicyclic) bond motifs is 1. The van der Waals surface area contributed by atoms with Crippen LogP contribution in [0.25, 0.3) is 0 Å². The molecule has 1 unspecified atom stereocenters. The van der Waals surface area contributed by atoms with Crippen LogP contribution in [-0.2, 0) is 4.74 Å². The molecule has 0 spiro atoms. The predicted octanol–water partition coefficient (Wildman–Crippen LogP) is 0.914. The number of nitrogens with zero attached hydrogens (tertiary/aromatic N) is 1. The quantitative estimate of drug-likeness (QED) is 0.673. The molecule has 1 N–H and O–H groups in total. The Morgan fingerprint density at radius 3 is 2.79 bits per heavy atom. The number of cyclic esters (lactones) is 1. The van der Waals surface area contributed by atoms with Crippen LogP contribution in [0.1, 0.15) is 22.2 Å². The lowest BCUT2D eigenvalue weighted by molar-refractivity contribution is -0.0547. The molecular formula is C10H11NO3. The van der Waals surface area contributed by atoms with Gasteiger partial charge >= 0.3 is 5.97 Å². The molecule has 0 bridgehead atoms. The highest BCUT2D eigenvalue weighted by Gasteiger charge is 2.32. The van der Waals surface area contributed by atoms with Gasteiger partial charge in [-0.1, -0.05) is 12.1 Å². The Morgan fingerprint density at radius 1 is 1.43 bits per heavy atom. The van der Waals surface area contributed by atoms with Crippen LogP contribution in [-0.4, -0.2) is 25.2 Å². The third kappa shape index (κ3) is 1.15. The van der Waals surface area contributed by atoms with E-state index in [1.807, 2.05) is 25.1 Å². The number of ether oxygens (including phenoxy) is 1. The van der Waals surface area contributed by atoms with Gasteiger partial charge in [-0.15, -0.1) is 0 Å². The first kappa shape index (κ1) is 9.02. The Labute approximate surface area is 81.7 Å².